The van der Waals surface area contributed by atoms with E-state index in [4.69, 9.17) is 0 Å². The number of hydrogen-bond donors (Lipinski definition) is 2. The highest BCUT2D eigenvalue weighted by Crippen LogP contribution is 2.18. The van der Waals surface area contributed by atoms with Crippen LogP contribution in [0, 0.1) is 0 Å². The molecule has 1 aromatic heterocycles. The second kappa shape index (κ2) is 8.14. The van der Waals surface area contributed by atoms with Crippen molar-refractivity contribution in [1.82, 2.24) is 24.7 Å². The molecule has 0 radical (unpaired) electrons. The smallest absolute Gasteiger partial charge is 0.326 e. The molecule has 0 saturated carbocycles. The minimum absolute atomic E-state index is 0. The first-order valence-corrected chi connectivity index (χ1v) is 9.09. The highest BCUT2D eigenvalue weighted by atomic mass is 35.5. The maximum atomic E-state index is 12.8. The van der Waals surface area contributed by atoms with Crippen LogP contribution in [0.2, 0.25) is 0 Å². The number of benzene rings is 1. The largest absolute Gasteiger partial charge is 0.339 e. The molecule has 0 spiro atoms. The van der Waals surface area contributed by atoms with Gasteiger partial charge in [0.1, 0.15) is 6.54 Å². The molecule has 8 nitrogen and oxygen atoms in total. The van der Waals surface area contributed by atoms with Gasteiger partial charge in [0.15, 0.2) is 0 Å². The predicted octanol–water partition coefficient (Wildman–Crippen LogP) is 0.174. The topological polar surface area (TPSA) is 90.4 Å². The lowest BCUT2D eigenvalue weighted by Crippen LogP contribution is -2.57. The SMILES string of the molecule is Cl.O=C(Cn1c(=O)[nH]c2ccccc21)N1CCCC(N2CCNCC2=O)C1. The number of H-pyrrole nitrogens is 1. The van der Waals surface area contributed by atoms with Crippen LogP contribution in [-0.4, -0.2) is 69.9 Å². The van der Waals surface area contributed by atoms with Gasteiger partial charge in [-0.3, -0.25) is 14.2 Å². The molecule has 146 valence electrons. The standard InChI is InChI=1S/C18H23N5O3.ClH/c24-16-10-19-7-9-22(16)13-4-3-8-21(11-13)17(25)12-23-15-6-2-1-5-14(15)20-18(23)26;/h1-2,5-6,13,19H,3-4,7-12H2,(H,20,26);1H. The lowest BCUT2D eigenvalue weighted by molar-refractivity contribution is -0.140. The molecular formula is C18H24ClN5O3. The van der Waals surface area contributed by atoms with Gasteiger partial charge in [0.25, 0.3) is 0 Å². The number of amides is 2. The lowest BCUT2D eigenvalue weighted by Gasteiger charge is -2.41. The number of imidazole rings is 1. The number of fused-ring (bicyclic) bond motifs is 1. The van der Waals surface area contributed by atoms with Gasteiger partial charge in [-0.05, 0) is 25.0 Å². The second-order valence-electron chi connectivity index (χ2n) is 6.93. The van der Waals surface area contributed by atoms with Gasteiger partial charge in [-0.2, -0.15) is 0 Å². The van der Waals surface area contributed by atoms with Crippen LogP contribution in [0.3, 0.4) is 0 Å². The van der Waals surface area contributed by atoms with Crippen molar-refractivity contribution >= 4 is 35.3 Å². The fraction of sp³-hybridized carbons (Fsp3) is 0.500. The van der Waals surface area contributed by atoms with Gasteiger partial charge in [-0.25, -0.2) is 4.79 Å². The Balaban J connectivity index is 0.00000210. The van der Waals surface area contributed by atoms with Crippen molar-refractivity contribution < 1.29 is 9.59 Å². The fourth-order valence-electron chi connectivity index (χ4n) is 3.94. The molecule has 2 N–H and O–H groups in total. The number of piperidine rings is 1. The molecular weight excluding hydrogens is 370 g/mol. The first-order valence-electron chi connectivity index (χ1n) is 9.09. The number of nitrogens with one attached hydrogen (secondary N) is 2. The van der Waals surface area contributed by atoms with Crippen LogP contribution in [0.1, 0.15) is 12.8 Å². The third-order valence-corrected chi connectivity index (χ3v) is 5.29. The third kappa shape index (κ3) is 3.86. The molecule has 1 aromatic carbocycles. The quantitative estimate of drug-likeness (QED) is 0.778. The highest BCUT2D eigenvalue weighted by molar-refractivity contribution is 5.85. The Hall–Kier alpha value is -2.32. The van der Waals surface area contributed by atoms with Gasteiger partial charge in [-0.1, -0.05) is 12.1 Å². The van der Waals surface area contributed by atoms with E-state index >= 15 is 0 Å². The number of likely N-dealkylation sites (tertiary alicyclic amines) is 1. The molecule has 1 atom stereocenters. The Kier molecular flexibility index (Phi) is 5.86. The molecule has 2 aliphatic heterocycles. The van der Waals surface area contributed by atoms with Crippen molar-refractivity contribution in [3.8, 4) is 0 Å². The minimum Gasteiger partial charge on any atom is -0.339 e. The zero-order valence-electron chi connectivity index (χ0n) is 15.0. The van der Waals surface area contributed by atoms with Crippen LogP contribution in [0.5, 0.6) is 0 Å². The average molecular weight is 394 g/mol. The van der Waals surface area contributed by atoms with Crippen LogP contribution in [0.4, 0.5) is 0 Å². The van der Waals surface area contributed by atoms with Gasteiger partial charge in [0, 0.05) is 32.2 Å². The second-order valence-corrected chi connectivity index (χ2v) is 6.93. The van der Waals surface area contributed by atoms with E-state index in [0.29, 0.717) is 26.2 Å². The number of aromatic amines is 1. The van der Waals surface area contributed by atoms with E-state index in [2.05, 4.69) is 10.3 Å². The summed E-state index contributed by atoms with van der Waals surface area (Å²) in [5, 5.41) is 3.08. The zero-order chi connectivity index (χ0) is 18.1. The maximum Gasteiger partial charge on any atom is 0.326 e. The molecule has 1 unspecified atom stereocenters. The predicted molar refractivity (Wildman–Crippen MR) is 104 cm³/mol. The molecule has 2 amide bonds. The summed E-state index contributed by atoms with van der Waals surface area (Å²) in [6, 6.07) is 7.43. The van der Waals surface area contributed by atoms with E-state index < -0.39 is 0 Å². The molecule has 2 fully saturated rings. The van der Waals surface area contributed by atoms with Gasteiger partial charge in [0.05, 0.1) is 17.6 Å². The van der Waals surface area contributed by atoms with Crippen LogP contribution in [0.15, 0.2) is 29.1 Å². The van der Waals surface area contributed by atoms with Crippen LogP contribution in [0.25, 0.3) is 11.0 Å². The maximum absolute atomic E-state index is 12.8. The molecule has 4 rings (SSSR count). The Bertz CT molecular complexity index is 892. The summed E-state index contributed by atoms with van der Waals surface area (Å²) in [5.41, 5.74) is 1.19. The van der Waals surface area contributed by atoms with Crippen molar-refractivity contribution in [2.24, 2.45) is 0 Å². The number of para-hydroxylation sites is 2. The highest BCUT2D eigenvalue weighted by Gasteiger charge is 2.31. The van der Waals surface area contributed by atoms with Gasteiger partial charge >= 0.3 is 5.69 Å². The first kappa shape index (κ1) is 19.4. The molecule has 0 aliphatic carbocycles. The molecule has 9 heteroatoms. The number of nitrogens with zero attached hydrogens (tertiary/aromatic N) is 3. The Morgan fingerprint density at radius 1 is 1.19 bits per heavy atom. The van der Waals surface area contributed by atoms with E-state index in [0.717, 1.165) is 30.4 Å². The van der Waals surface area contributed by atoms with E-state index in [1.54, 1.807) is 4.90 Å². The summed E-state index contributed by atoms with van der Waals surface area (Å²) in [5.74, 6) is 0.0209. The van der Waals surface area contributed by atoms with Crippen molar-refractivity contribution in [3.05, 3.63) is 34.7 Å². The monoisotopic (exact) mass is 393 g/mol. The molecule has 3 heterocycles. The summed E-state index contributed by atoms with van der Waals surface area (Å²) < 4.78 is 1.48. The van der Waals surface area contributed by atoms with Crippen LogP contribution >= 0.6 is 12.4 Å². The number of aromatic nitrogens is 2. The van der Waals surface area contributed by atoms with Crippen LogP contribution < -0.4 is 11.0 Å². The Morgan fingerprint density at radius 3 is 2.81 bits per heavy atom. The summed E-state index contributed by atoms with van der Waals surface area (Å²) in [4.78, 5) is 43.6. The normalized spacial score (nSPS) is 20.6. The first-order chi connectivity index (χ1) is 12.6. The summed E-state index contributed by atoms with van der Waals surface area (Å²) in [7, 11) is 0. The van der Waals surface area contributed by atoms with E-state index in [9.17, 15) is 14.4 Å². The summed E-state index contributed by atoms with van der Waals surface area (Å²) in [6.45, 7) is 3.09. The van der Waals surface area contributed by atoms with Crippen molar-refractivity contribution in [2.75, 3.05) is 32.7 Å². The number of carbonyl (C=O) groups excluding carboxylic acids is 2. The summed E-state index contributed by atoms with van der Waals surface area (Å²) >= 11 is 0. The Labute approximate surface area is 162 Å². The zero-order valence-corrected chi connectivity index (χ0v) is 15.8. The van der Waals surface area contributed by atoms with Gasteiger partial charge < -0.3 is 20.1 Å². The van der Waals surface area contributed by atoms with E-state index in [1.807, 2.05) is 29.2 Å². The Morgan fingerprint density at radius 2 is 2.00 bits per heavy atom. The fourth-order valence-corrected chi connectivity index (χ4v) is 3.94. The number of hydrogen-bond acceptors (Lipinski definition) is 4. The molecule has 27 heavy (non-hydrogen) atoms. The number of halogens is 1. The van der Waals surface area contributed by atoms with Gasteiger partial charge in [0.2, 0.25) is 11.8 Å². The van der Waals surface area contributed by atoms with Crippen molar-refractivity contribution in [1.29, 1.82) is 0 Å². The summed E-state index contributed by atoms with van der Waals surface area (Å²) in [6.07, 6.45) is 1.79. The number of carbonyl (C=O) groups is 2. The number of rotatable bonds is 3. The number of piperazine rings is 1. The molecule has 0 bridgehead atoms. The molecule has 2 saturated heterocycles. The average Bonchev–Trinajstić information content (AvgIpc) is 2.98. The lowest BCUT2D eigenvalue weighted by atomic mass is 10.0. The van der Waals surface area contributed by atoms with E-state index in [-0.39, 0.29) is 42.5 Å². The third-order valence-electron chi connectivity index (χ3n) is 5.29. The minimum atomic E-state index is -0.273. The van der Waals surface area contributed by atoms with Gasteiger partial charge in [-0.15, -0.1) is 12.4 Å². The molecule has 2 aliphatic rings. The van der Waals surface area contributed by atoms with E-state index in [1.165, 1.54) is 4.57 Å². The van der Waals surface area contributed by atoms with Crippen LogP contribution in [-0.2, 0) is 16.1 Å². The van der Waals surface area contributed by atoms with Crippen molar-refractivity contribution in [2.45, 2.75) is 25.4 Å². The molecule has 2 aromatic rings. The van der Waals surface area contributed by atoms with Crippen molar-refractivity contribution in [3.63, 3.8) is 0 Å².